The van der Waals surface area contributed by atoms with Crippen LogP contribution in [-0.4, -0.2) is 37.6 Å². The lowest BCUT2D eigenvalue weighted by Gasteiger charge is -2.73. The average Bonchev–Trinajstić information content (AvgIpc) is 3.18. The molecule has 0 aliphatic heterocycles. The monoisotopic (exact) mass is 525 g/mol. The van der Waals surface area contributed by atoms with E-state index in [0.717, 1.165) is 36.6 Å². The number of nitrogens with zero attached hydrogens (tertiary/aromatic N) is 1. The van der Waals surface area contributed by atoms with Gasteiger partial charge in [0.1, 0.15) is 6.10 Å². The van der Waals surface area contributed by atoms with Crippen molar-refractivity contribution in [3.63, 3.8) is 0 Å². The van der Waals surface area contributed by atoms with E-state index < -0.39 is 0 Å². The fraction of sp³-hybridized carbons (Fsp3) is 0.914. The minimum absolute atomic E-state index is 0.0112. The van der Waals surface area contributed by atoms with Gasteiger partial charge in [0.2, 0.25) is 0 Å². The largest absolute Gasteiger partial charge is 0.462 e. The van der Waals surface area contributed by atoms with Gasteiger partial charge in [-0.3, -0.25) is 4.79 Å². The van der Waals surface area contributed by atoms with Crippen LogP contribution in [0.1, 0.15) is 119 Å². The molecule has 0 spiro atoms. The molecule has 5 fully saturated rings. The van der Waals surface area contributed by atoms with E-state index in [1.54, 1.807) is 0 Å². The second-order valence-electron chi connectivity index (χ2n) is 16.7. The van der Waals surface area contributed by atoms with Crippen molar-refractivity contribution in [1.29, 1.82) is 0 Å². The summed E-state index contributed by atoms with van der Waals surface area (Å²) in [5, 5.41) is 0. The Bertz CT molecular complexity index is 954. The number of esters is 1. The molecule has 3 heteroatoms. The number of hydrogen-bond acceptors (Lipinski definition) is 3. The van der Waals surface area contributed by atoms with E-state index in [1.165, 1.54) is 63.4 Å². The van der Waals surface area contributed by atoms with E-state index in [9.17, 15) is 4.79 Å². The lowest BCUT2D eigenvalue weighted by Crippen LogP contribution is -2.66. The van der Waals surface area contributed by atoms with Crippen LogP contribution in [0.4, 0.5) is 0 Å². The summed E-state index contributed by atoms with van der Waals surface area (Å²) in [4.78, 5) is 14.8. The summed E-state index contributed by atoms with van der Waals surface area (Å²) < 4.78 is 6.24. The summed E-state index contributed by atoms with van der Waals surface area (Å²) in [6.07, 6.45) is 13.8. The van der Waals surface area contributed by atoms with Crippen molar-refractivity contribution in [2.75, 3.05) is 20.6 Å². The molecule has 0 amide bonds. The molecule has 3 nitrogen and oxygen atoms in total. The van der Waals surface area contributed by atoms with Gasteiger partial charge in [-0.05, 0) is 136 Å². The Kier molecular flexibility index (Phi) is 7.06. The van der Waals surface area contributed by atoms with E-state index in [2.05, 4.69) is 59.9 Å². The van der Waals surface area contributed by atoms with Crippen LogP contribution in [0.2, 0.25) is 0 Å². The normalized spacial score (nSPS) is 49.4. The number of fused-ring (bicyclic) bond motifs is 7. The minimum Gasteiger partial charge on any atom is -0.462 e. The molecule has 5 saturated carbocycles. The standard InChI is InChI=1S/C35H59NO2/c1-23(2)24-13-17-32(5)20-21-34(7)25(30(24)32)11-12-27-33(6)18-15-28(38-29(37)16-22-36(9)10)31(3,4)26(33)14-19-35(27,34)8/h24-28,30H,1,11-22H2,2-10H3/t24-,25+,26-,27?,28?,30+,32+,33-,34+,35+/m0/s1. The van der Waals surface area contributed by atoms with Crippen molar-refractivity contribution in [3.05, 3.63) is 12.2 Å². The zero-order valence-electron chi connectivity index (χ0n) is 26.4. The van der Waals surface area contributed by atoms with E-state index in [4.69, 9.17) is 4.74 Å². The maximum atomic E-state index is 12.8. The average molecular weight is 526 g/mol. The van der Waals surface area contributed by atoms with Crippen molar-refractivity contribution in [3.8, 4) is 0 Å². The quantitative estimate of drug-likeness (QED) is 0.266. The summed E-state index contributed by atoms with van der Waals surface area (Å²) >= 11 is 0. The predicted octanol–water partition coefficient (Wildman–Crippen LogP) is 8.53. The predicted molar refractivity (Wildman–Crippen MR) is 158 cm³/mol. The Morgan fingerprint density at radius 1 is 0.842 bits per heavy atom. The molecule has 5 aliphatic rings. The van der Waals surface area contributed by atoms with Gasteiger partial charge in [-0.1, -0.05) is 53.7 Å². The van der Waals surface area contributed by atoms with Gasteiger partial charge in [0.25, 0.3) is 0 Å². The third-order valence-electron chi connectivity index (χ3n) is 14.5. The summed E-state index contributed by atoms with van der Waals surface area (Å²) in [5.41, 5.74) is 3.16. The topological polar surface area (TPSA) is 29.5 Å². The molecule has 38 heavy (non-hydrogen) atoms. The van der Waals surface area contributed by atoms with E-state index in [1.807, 2.05) is 14.1 Å². The van der Waals surface area contributed by atoms with Crippen LogP contribution in [0.25, 0.3) is 0 Å². The third-order valence-corrected chi connectivity index (χ3v) is 14.5. The Morgan fingerprint density at radius 3 is 2.21 bits per heavy atom. The molecule has 0 aromatic carbocycles. The smallest absolute Gasteiger partial charge is 0.307 e. The lowest BCUT2D eigenvalue weighted by molar-refractivity contribution is -0.249. The maximum absolute atomic E-state index is 12.8. The van der Waals surface area contributed by atoms with Gasteiger partial charge in [0, 0.05) is 12.0 Å². The Hall–Kier alpha value is -0.830. The fourth-order valence-electron chi connectivity index (χ4n) is 12.2. The molecular weight excluding hydrogens is 466 g/mol. The maximum Gasteiger partial charge on any atom is 0.307 e. The number of ether oxygens (including phenoxy) is 1. The SMILES string of the molecule is C=C(C)[C@@H]1CC[C@]2(C)CC[C@]3(C)[C@H](CCC4[C@@]5(C)CCC(OC(=O)CCN(C)C)C(C)(C)[C@@H]5CC[C@]43C)[C@@H]12. The third kappa shape index (κ3) is 4.01. The van der Waals surface area contributed by atoms with Crippen LogP contribution in [-0.2, 0) is 9.53 Å². The Balaban J connectivity index is 1.41. The van der Waals surface area contributed by atoms with Crippen molar-refractivity contribution < 1.29 is 9.53 Å². The van der Waals surface area contributed by atoms with Crippen LogP contribution in [0.5, 0.6) is 0 Å². The number of hydrogen-bond donors (Lipinski definition) is 0. The number of allylic oxidation sites excluding steroid dienone is 1. The first-order valence-corrected chi connectivity index (χ1v) is 16.1. The van der Waals surface area contributed by atoms with Crippen LogP contribution in [0.15, 0.2) is 12.2 Å². The van der Waals surface area contributed by atoms with Crippen LogP contribution in [0.3, 0.4) is 0 Å². The van der Waals surface area contributed by atoms with Crippen molar-refractivity contribution in [2.24, 2.45) is 56.7 Å². The van der Waals surface area contributed by atoms with Gasteiger partial charge in [-0.15, -0.1) is 0 Å². The van der Waals surface area contributed by atoms with Crippen LogP contribution in [0, 0.1) is 56.7 Å². The first-order valence-electron chi connectivity index (χ1n) is 16.1. The summed E-state index contributed by atoms with van der Waals surface area (Å²) in [6.45, 7) is 23.2. The second-order valence-corrected chi connectivity index (χ2v) is 16.7. The van der Waals surface area contributed by atoms with Crippen molar-refractivity contribution >= 4 is 5.97 Å². The van der Waals surface area contributed by atoms with Gasteiger partial charge in [0.15, 0.2) is 0 Å². The van der Waals surface area contributed by atoms with E-state index >= 15 is 0 Å². The first-order chi connectivity index (χ1) is 17.6. The molecule has 0 heterocycles. The highest BCUT2D eigenvalue weighted by atomic mass is 16.5. The number of rotatable bonds is 5. The zero-order chi connectivity index (χ0) is 27.9. The molecule has 0 bridgehead atoms. The van der Waals surface area contributed by atoms with Gasteiger partial charge < -0.3 is 9.64 Å². The second kappa shape index (κ2) is 9.35. The van der Waals surface area contributed by atoms with Gasteiger partial charge in [0.05, 0.1) is 6.42 Å². The summed E-state index contributed by atoms with van der Waals surface area (Å²) in [5.74, 6) is 3.78. The molecule has 0 aromatic heterocycles. The van der Waals surface area contributed by atoms with Crippen molar-refractivity contribution in [2.45, 2.75) is 125 Å². The summed E-state index contributed by atoms with van der Waals surface area (Å²) in [6, 6.07) is 0. The van der Waals surface area contributed by atoms with Crippen molar-refractivity contribution in [1.82, 2.24) is 4.90 Å². The Morgan fingerprint density at radius 2 is 1.55 bits per heavy atom. The molecule has 0 radical (unpaired) electrons. The van der Waals surface area contributed by atoms with Crippen LogP contribution < -0.4 is 0 Å². The van der Waals surface area contributed by atoms with Gasteiger partial charge in [-0.25, -0.2) is 0 Å². The first kappa shape index (κ1) is 28.7. The fourth-order valence-corrected chi connectivity index (χ4v) is 12.2. The minimum atomic E-state index is -0.0112. The molecule has 0 N–H and O–H groups in total. The number of carbonyl (C=O) groups is 1. The number of carbonyl (C=O) groups excluding carboxylic acids is 1. The highest BCUT2D eigenvalue weighted by Crippen LogP contribution is 2.77. The molecular formula is C35H59NO2. The Labute approximate surface area is 234 Å². The molecule has 5 aliphatic carbocycles. The molecule has 0 aromatic rings. The van der Waals surface area contributed by atoms with Gasteiger partial charge >= 0.3 is 5.97 Å². The zero-order valence-corrected chi connectivity index (χ0v) is 26.4. The van der Waals surface area contributed by atoms with Gasteiger partial charge in [-0.2, -0.15) is 0 Å². The molecule has 0 saturated heterocycles. The highest BCUT2D eigenvalue weighted by molar-refractivity contribution is 5.69. The molecule has 10 atom stereocenters. The summed E-state index contributed by atoms with van der Waals surface area (Å²) in [7, 11) is 4.05. The van der Waals surface area contributed by atoms with E-state index in [-0.39, 0.29) is 17.5 Å². The molecule has 216 valence electrons. The highest BCUT2D eigenvalue weighted by Gasteiger charge is 2.70. The van der Waals surface area contributed by atoms with Crippen LogP contribution >= 0.6 is 0 Å². The molecule has 2 unspecified atom stereocenters. The lowest BCUT2D eigenvalue weighted by atomic mass is 9.32. The molecule has 5 rings (SSSR count). The van der Waals surface area contributed by atoms with E-state index in [0.29, 0.717) is 34.0 Å².